The molecule has 106 valence electrons. The third kappa shape index (κ3) is 4.25. The lowest BCUT2D eigenvalue weighted by Crippen LogP contribution is -2.08. The van der Waals surface area contributed by atoms with Crippen LogP contribution >= 0.6 is 23.5 Å². The molecule has 0 saturated heterocycles. The fourth-order valence-corrected chi connectivity index (χ4v) is 4.64. The molecule has 0 aliphatic carbocycles. The molecule has 0 heterocycles. The van der Waals surface area contributed by atoms with Crippen LogP contribution in [0.1, 0.15) is 31.5 Å². The summed E-state index contributed by atoms with van der Waals surface area (Å²) in [4.78, 5) is 10.9. The van der Waals surface area contributed by atoms with Gasteiger partial charge in [-0.2, -0.15) is 0 Å². The highest BCUT2D eigenvalue weighted by atomic mass is 79.9. The average molecular weight is 349 g/mol. The largest absolute Gasteiger partial charge is 0.338 e. The number of carbonyl (C=O) groups excluding carboxylic acids is 1. The standard InChI is InChI=1S/C13H18BrO4P/c1-3-17-19(16,18-4-2)13(9-10-15)11-7-5-6-8-12(11)14/h5-8,10,13H,3-4,9H2,1-2H3/t13-/m1/s1. The maximum Gasteiger partial charge on any atom is 0.338 e. The summed E-state index contributed by atoms with van der Waals surface area (Å²) in [5.74, 6) is 0. The van der Waals surface area contributed by atoms with Crippen LogP contribution in [0.2, 0.25) is 0 Å². The normalized spacial score (nSPS) is 13.2. The lowest BCUT2D eigenvalue weighted by molar-refractivity contribution is -0.108. The highest BCUT2D eigenvalue weighted by Crippen LogP contribution is 2.62. The fraction of sp³-hybridized carbons (Fsp3) is 0.462. The first-order chi connectivity index (χ1) is 9.09. The van der Waals surface area contributed by atoms with Crippen LogP contribution in [0.15, 0.2) is 28.7 Å². The van der Waals surface area contributed by atoms with Crippen molar-refractivity contribution in [3.8, 4) is 0 Å². The maximum atomic E-state index is 12.8. The Hall–Kier alpha value is -0.480. The summed E-state index contributed by atoms with van der Waals surface area (Å²) in [5.41, 5.74) is 0.181. The second kappa shape index (κ2) is 7.95. The van der Waals surface area contributed by atoms with Gasteiger partial charge in [0.1, 0.15) is 6.29 Å². The fourth-order valence-electron chi connectivity index (χ4n) is 1.84. The first-order valence-electron chi connectivity index (χ1n) is 6.15. The van der Waals surface area contributed by atoms with E-state index in [0.717, 1.165) is 16.3 Å². The summed E-state index contributed by atoms with van der Waals surface area (Å²) in [6, 6.07) is 7.36. The molecule has 4 nitrogen and oxygen atoms in total. The van der Waals surface area contributed by atoms with Crippen LogP contribution in [0.5, 0.6) is 0 Å². The van der Waals surface area contributed by atoms with Gasteiger partial charge >= 0.3 is 7.60 Å². The number of hydrogen-bond donors (Lipinski definition) is 0. The molecule has 0 aromatic heterocycles. The monoisotopic (exact) mass is 348 g/mol. The summed E-state index contributed by atoms with van der Waals surface area (Å²) in [6.07, 6.45) is 0.842. The third-order valence-electron chi connectivity index (χ3n) is 2.58. The zero-order valence-electron chi connectivity index (χ0n) is 11.0. The van der Waals surface area contributed by atoms with Crippen LogP contribution in [0, 0.1) is 0 Å². The minimum atomic E-state index is -3.36. The summed E-state index contributed by atoms with van der Waals surface area (Å²) < 4.78 is 24.3. The Morgan fingerprint density at radius 3 is 2.32 bits per heavy atom. The van der Waals surface area contributed by atoms with E-state index in [9.17, 15) is 9.36 Å². The lowest BCUT2D eigenvalue weighted by atomic mass is 10.1. The molecule has 0 unspecified atom stereocenters. The molecule has 1 aromatic carbocycles. The Morgan fingerprint density at radius 1 is 1.26 bits per heavy atom. The number of rotatable bonds is 8. The highest BCUT2D eigenvalue weighted by Gasteiger charge is 2.37. The molecule has 0 spiro atoms. The first-order valence-corrected chi connectivity index (χ1v) is 8.56. The van der Waals surface area contributed by atoms with Crippen LogP contribution in [0.3, 0.4) is 0 Å². The van der Waals surface area contributed by atoms with Crippen molar-refractivity contribution >= 4 is 29.8 Å². The molecule has 0 amide bonds. The van der Waals surface area contributed by atoms with E-state index < -0.39 is 13.3 Å². The van der Waals surface area contributed by atoms with Gasteiger partial charge in [-0.05, 0) is 25.5 Å². The number of carbonyl (C=O) groups is 1. The minimum Gasteiger partial charge on any atom is -0.308 e. The van der Waals surface area contributed by atoms with Crippen molar-refractivity contribution in [2.75, 3.05) is 13.2 Å². The molecule has 0 radical (unpaired) electrons. The molecular formula is C13H18BrO4P. The molecule has 0 bridgehead atoms. The van der Waals surface area contributed by atoms with Crippen molar-refractivity contribution in [3.05, 3.63) is 34.3 Å². The van der Waals surface area contributed by atoms with E-state index in [4.69, 9.17) is 9.05 Å². The predicted molar refractivity (Wildman–Crippen MR) is 78.4 cm³/mol. The highest BCUT2D eigenvalue weighted by molar-refractivity contribution is 9.10. The predicted octanol–water partition coefficient (Wildman–Crippen LogP) is 4.35. The van der Waals surface area contributed by atoms with Gasteiger partial charge in [0, 0.05) is 10.9 Å². The van der Waals surface area contributed by atoms with Crippen molar-refractivity contribution in [2.24, 2.45) is 0 Å². The third-order valence-corrected chi connectivity index (χ3v) is 5.79. The van der Waals surface area contributed by atoms with E-state index in [1.165, 1.54) is 0 Å². The second-order valence-electron chi connectivity index (χ2n) is 3.82. The van der Waals surface area contributed by atoms with Gasteiger partial charge in [-0.15, -0.1) is 0 Å². The Labute approximate surface area is 122 Å². The van der Waals surface area contributed by atoms with Gasteiger partial charge < -0.3 is 13.8 Å². The van der Waals surface area contributed by atoms with E-state index in [2.05, 4.69) is 15.9 Å². The molecule has 1 atom stereocenters. The van der Waals surface area contributed by atoms with Crippen molar-refractivity contribution in [1.29, 1.82) is 0 Å². The van der Waals surface area contributed by atoms with Crippen LogP contribution in [0.4, 0.5) is 0 Å². The Balaban J connectivity index is 3.21. The molecule has 0 fully saturated rings. The molecule has 0 aliphatic heterocycles. The molecule has 1 rings (SSSR count). The molecule has 0 aliphatic rings. The summed E-state index contributed by atoms with van der Waals surface area (Å²) in [5, 5.41) is 0. The van der Waals surface area contributed by atoms with Crippen molar-refractivity contribution in [3.63, 3.8) is 0 Å². The quantitative estimate of drug-likeness (QED) is 0.517. The van der Waals surface area contributed by atoms with E-state index in [0.29, 0.717) is 0 Å². The minimum absolute atomic E-state index is 0.0971. The van der Waals surface area contributed by atoms with Gasteiger partial charge in [0.15, 0.2) is 0 Å². The van der Waals surface area contributed by atoms with Crippen LogP contribution in [-0.4, -0.2) is 19.5 Å². The topological polar surface area (TPSA) is 52.6 Å². The number of halogens is 1. The van der Waals surface area contributed by atoms with E-state index in [1.807, 2.05) is 24.3 Å². The van der Waals surface area contributed by atoms with E-state index in [1.54, 1.807) is 13.8 Å². The lowest BCUT2D eigenvalue weighted by Gasteiger charge is -2.26. The molecule has 19 heavy (non-hydrogen) atoms. The van der Waals surface area contributed by atoms with Gasteiger partial charge in [0.25, 0.3) is 0 Å². The number of benzene rings is 1. The Morgan fingerprint density at radius 2 is 1.84 bits per heavy atom. The summed E-state index contributed by atoms with van der Waals surface area (Å²) in [7, 11) is -3.36. The van der Waals surface area contributed by atoms with Crippen molar-refractivity contribution < 1.29 is 18.4 Å². The molecule has 6 heteroatoms. The second-order valence-corrected chi connectivity index (χ2v) is 6.89. The molecule has 0 saturated carbocycles. The van der Waals surface area contributed by atoms with E-state index in [-0.39, 0.29) is 19.6 Å². The zero-order chi connectivity index (χ0) is 14.3. The van der Waals surface area contributed by atoms with Crippen LogP contribution in [-0.2, 0) is 18.4 Å². The summed E-state index contributed by atoms with van der Waals surface area (Å²) >= 11 is 3.41. The van der Waals surface area contributed by atoms with Gasteiger partial charge in [-0.3, -0.25) is 4.57 Å². The van der Waals surface area contributed by atoms with Gasteiger partial charge in [0.05, 0.1) is 18.9 Å². The van der Waals surface area contributed by atoms with E-state index >= 15 is 0 Å². The zero-order valence-corrected chi connectivity index (χ0v) is 13.5. The van der Waals surface area contributed by atoms with Crippen molar-refractivity contribution in [1.82, 2.24) is 0 Å². The van der Waals surface area contributed by atoms with Crippen LogP contribution < -0.4 is 0 Å². The summed E-state index contributed by atoms with van der Waals surface area (Å²) in [6.45, 7) is 4.06. The average Bonchev–Trinajstić information content (AvgIpc) is 2.37. The van der Waals surface area contributed by atoms with Gasteiger partial charge in [-0.1, -0.05) is 34.1 Å². The maximum absolute atomic E-state index is 12.8. The van der Waals surface area contributed by atoms with Gasteiger partial charge in [-0.25, -0.2) is 0 Å². The number of hydrogen-bond acceptors (Lipinski definition) is 4. The van der Waals surface area contributed by atoms with Crippen molar-refractivity contribution in [2.45, 2.75) is 25.9 Å². The number of aldehydes is 1. The molecular weight excluding hydrogens is 331 g/mol. The Bertz CT molecular complexity index is 454. The SMILES string of the molecule is CCOP(=O)(OCC)[C@H](CC=O)c1ccccc1Br. The van der Waals surface area contributed by atoms with Gasteiger partial charge in [0.2, 0.25) is 0 Å². The smallest absolute Gasteiger partial charge is 0.308 e. The Kier molecular flexibility index (Phi) is 6.94. The molecule has 1 aromatic rings. The molecule has 0 N–H and O–H groups in total. The first kappa shape index (κ1) is 16.6. The van der Waals surface area contributed by atoms with Crippen LogP contribution in [0.25, 0.3) is 0 Å².